The summed E-state index contributed by atoms with van der Waals surface area (Å²) in [7, 11) is -5.34. The Bertz CT molecular complexity index is 762. The molecule has 9 heteroatoms. The Hall–Kier alpha value is -0.670. The second-order valence-electron chi connectivity index (χ2n) is 6.04. The van der Waals surface area contributed by atoms with Gasteiger partial charge in [-0.05, 0) is 58.5 Å². The molecule has 0 aromatic heterocycles. The number of halogens is 1. The summed E-state index contributed by atoms with van der Waals surface area (Å²) in [4.78, 5) is 1.89. The molecule has 0 fully saturated rings. The predicted molar refractivity (Wildman–Crippen MR) is 96.8 cm³/mol. The first kappa shape index (κ1) is 21.4. The lowest BCUT2D eigenvalue weighted by atomic mass is 10.2. The van der Waals surface area contributed by atoms with Crippen LogP contribution in [0.1, 0.15) is 26.7 Å². The van der Waals surface area contributed by atoms with Crippen LogP contribution in [0.5, 0.6) is 0 Å². The largest absolute Gasteiger partial charge is 0.304 e. The Kier molecular flexibility index (Phi) is 7.68. The third kappa shape index (κ3) is 6.33. The number of unbranched alkanes of at least 4 members (excludes halogenated alkanes) is 1. The number of hydrogen-bond acceptors (Lipinski definition) is 5. The predicted octanol–water partition coefficient (Wildman–Crippen LogP) is 2.14. The molecule has 0 heterocycles. The number of nitrogens with one attached hydrogen (secondary N) is 1. The van der Waals surface area contributed by atoms with Gasteiger partial charge in [0.15, 0.2) is 9.84 Å². The van der Waals surface area contributed by atoms with Crippen molar-refractivity contribution in [2.75, 3.05) is 26.4 Å². The van der Waals surface area contributed by atoms with E-state index in [0.29, 0.717) is 12.5 Å². The molecule has 1 N–H and O–H groups in total. The van der Waals surface area contributed by atoms with Crippen LogP contribution in [-0.4, -0.2) is 54.2 Å². The van der Waals surface area contributed by atoms with Crippen molar-refractivity contribution in [3.05, 3.63) is 23.2 Å². The van der Waals surface area contributed by atoms with E-state index in [4.69, 9.17) is 11.6 Å². The summed E-state index contributed by atoms with van der Waals surface area (Å²) < 4.78 is 50.3. The molecule has 0 atom stereocenters. The molecule has 0 spiro atoms. The molecule has 0 aliphatic heterocycles. The fourth-order valence-electron chi connectivity index (χ4n) is 1.95. The summed E-state index contributed by atoms with van der Waals surface area (Å²) in [6.07, 6.45) is 2.55. The fraction of sp³-hybridized carbons (Fsp3) is 0.600. The Morgan fingerprint density at radius 2 is 1.79 bits per heavy atom. The average molecular weight is 397 g/mol. The van der Waals surface area contributed by atoms with Crippen LogP contribution in [0.3, 0.4) is 0 Å². The van der Waals surface area contributed by atoms with E-state index in [1.807, 2.05) is 7.05 Å². The van der Waals surface area contributed by atoms with Crippen molar-refractivity contribution in [1.29, 1.82) is 0 Å². The highest BCUT2D eigenvalue weighted by atomic mass is 35.5. The molecular weight excluding hydrogens is 372 g/mol. The molecule has 24 heavy (non-hydrogen) atoms. The van der Waals surface area contributed by atoms with Crippen molar-refractivity contribution in [3.8, 4) is 0 Å². The van der Waals surface area contributed by atoms with Crippen LogP contribution in [0, 0.1) is 0 Å². The molecule has 0 amide bonds. The van der Waals surface area contributed by atoms with Gasteiger partial charge in [0.1, 0.15) is 4.90 Å². The molecule has 0 saturated heterocycles. The van der Waals surface area contributed by atoms with Crippen molar-refractivity contribution in [2.45, 2.75) is 42.5 Å². The van der Waals surface area contributed by atoms with E-state index >= 15 is 0 Å². The number of sulfone groups is 1. The Morgan fingerprint density at radius 3 is 2.33 bits per heavy atom. The lowest BCUT2D eigenvalue weighted by Crippen LogP contribution is -2.29. The van der Waals surface area contributed by atoms with E-state index in [1.165, 1.54) is 12.1 Å². The summed E-state index contributed by atoms with van der Waals surface area (Å²) in [5.41, 5.74) is 0. The highest BCUT2D eigenvalue weighted by Gasteiger charge is 2.20. The van der Waals surface area contributed by atoms with Crippen molar-refractivity contribution < 1.29 is 16.8 Å². The topological polar surface area (TPSA) is 83.6 Å². The number of benzene rings is 1. The maximum atomic E-state index is 12.3. The molecule has 0 bridgehead atoms. The van der Waals surface area contributed by atoms with Crippen LogP contribution >= 0.6 is 11.6 Å². The normalized spacial score (nSPS) is 13.0. The van der Waals surface area contributed by atoms with E-state index in [0.717, 1.165) is 25.3 Å². The molecule has 0 saturated carbocycles. The number of hydrogen-bond donors (Lipinski definition) is 1. The monoisotopic (exact) mass is 396 g/mol. The third-order valence-corrected chi connectivity index (χ3v) is 6.78. The summed E-state index contributed by atoms with van der Waals surface area (Å²) in [5.74, 6) is 0. The summed E-state index contributed by atoms with van der Waals surface area (Å²) in [6.45, 7) is 5.34. The zero-order valence-corrected chi connectivity index (χ0v) is 16.8. The van der Waals surface area contributed by atoms with Crippen LogP contribution < -0.4 is 4.72 Å². The standard InChI is InChI=1S/C15H25ClN2O4S2/c1-12(2)18(3)10-6-5-9-17-24(21,22)15-11-13(23(4,19)20)7-8-14(15)16/h7-8,11-12,17H,5-6,9-10H2,1-4H3. The van der Waals surface area contributed by atoms with Crippen molar-refractivity contribution in [2.24, 2.45) is 0 Å². The van der Waals surface area contributed by atoms with E-state index in [2.05, 4.69) is 23.5 Å². The van der Waals surface area contributed by atoms with E-state index in [9.17, 15) is 16.8 Å². The van der Waals surface area contributed by atoms with Crippen molar-refractivity contribution in [3.63, 3.8) is 0 Å². The highest BCUT2D eigenvalue weighted by molar-refractivity contribution is 7.91. The minimum Gasteiger partial charge on any atom is -0.304 e. The van der Waals surface area contributed by atoms with Gasteiger partial charge in [-0.2, -0.15) is 0 Å². The van der Waals surface area contributed by atoms with Gasteiger partial charge in [-0.15, -0.1) is 0 Å². The third-order valence-electron chi connectivity index (χ3n) is 3.73. The zero-order valence-electron chi connectivity index (χ0n) is 14.4. The maximum absolute atomic E-state index is 12.3. The lowest BCUT2D eigenvalue weighted by Gasteiger charge is -2.20. The van der Waals surface area contributed by atoms with Crippen molar-refractivity contribution in [1.82, 2.24) is 9.62 Å². The van der Waals surface area contributed by atoms with E-state index in [-0.39, 0.29) is 21.4 Å². The van der Waals surface area contributed by atoms with Gasteiger partial charge < -0.3 is 4.90 Å². The molecule has 1 aromatic carbocycles. The van der Waals surface area contributed by atoms with E-state index < -0.39 is 19.9 Å². The minimum absolute atomic E-state index is 0.00515. The van der Waals surface area contributed by atoms with Gasteiger partial charge in [-0.25, -0.2) is 21.6 Å². The second kappa shape index (κ2) is 8.62. The van der Waals surface area contributed by atoms with Crippen molar-refractivity contribution >= 4 is 31.5 Å². The Labute approximate surface area is 150 Å². The van der Waals surface area contributed by atoms with Crippen LogP contribution in [0.25, 0.3) is 0 Å². The molecule has 6 nitrogen and oxygen atoms in total. The van der Waals surface area contributed by atoms with Gasteiger partial charge in [0.05, 0.1) is 9.92 Å². The Balaban J connectivity index is 2.73. The zero-order chi connectivity index (χ0) is 18.5. The number of nitrogens with zero attached hydrogens (tertiary/aromatic N) is 1. The molecular formula is C15H25ClN2O4S2. The quantitative estimate of drug-likeness (QED) is 0.646. The van der Waals surface area contributed by atoms with Gasteiger partial charge in [-0.1, -0.05) is 11.6 Å². The van der Waals surface area contributed by atoms with Crippen LogP contribution in [-0.2, 0) is 19.9 Å². The first-order valence-electron chi connectivity index (χ1n) is 7.64. The molecule has 138 valence electrons. The maximum Gasteiger partial charge on any atom is 0.242 e. The molecule has 0 aliphatic rings. The SMILES string of the molecule is CC(C)N(C)CCCCNS(=O)(=O)c1cc(S(C)(=O)=O)ccc1Cl. The average Bonchev–Trinajstić information content (AvgIpc) is 2.45. The fourth-order valence-corrected chi connectivity index (χ4v) is 4.27. The summed E-state index contributed by atoms with van der Waals surface area (Å²) in [6, 6.07) is 4.11. The van der Waals surface area contributed by atoms with Gasteiger partial charge in [0.2, 0.25) is 10.0 Å². The highest BCUT2D eigenvalue weighted by Crippen LogP contribution is 2.24. The van der Waals surface area contributed by atoms with Crippen LogP contribution in [0.4, 0.5) is 0 Å². The van der Waals surface area contributed by atoms with Gasteiger partial charge in [-0.3, -0.25) is 0 Å². The molecule has 1 rings (SSSR count). The summed E-state index contributed by atoms with van der Waals surface area (Å²) >= 11 is 5.93. The Morgan fingerprint density at radius 1 is 1.17 bits per heavy atom. The van der Waals surface area contributed by atoms with Gasteiger partial charge in [0, 0.05) is 18.8 Å². The first-order valence-corrected chi connectivity index (χ1v) is 11.4. The smallest absolute Gasteiger partial charge is 0.242 e. The van der Waals surface area contributed by atoms with Gasteiger partial charge in [0.25, 0.3) is 0 Å². The molecule has 1 aromatic rings. The molecule has 0 radical (unpaired) electrons. The minimum atomic E-state index is -3.85. The first-order chi connectivity index (χ1) is 10.9. The van der Waals surface area contributed by atoms with Crippen LogP contribution in [0.15, 0.2) is 28.0 Å². The van der Waals surface area contributed by atoms with Crippen LogP contribution in [0.2, 0.25) is 5.02 Å². The molecule has 0 unspecified atom stereocenters. The molecule has 0 aliphatic carbocycles. The number of rotatable bonds is 9. The number of sulfonamides is 1. The van der Waals surface area contributed by atoms with Gasteiger partial charge >= 0.3 is 0 Å². The van der Waals surface area contributed by atoms with E-state index in [1.54, 1.807) is 0 Å². The lowest BCUT2D eigenvalue weighted by molar-refractivity contribution is 0.268. The second-order valence-corrected chi connectivity index (χ2v) is 10.2. The summed E-state index contributed by atoms with van der Waals surface area (Å²) in [5, 5.41) is -0.00515.